The van der Waals surface area contributed by atoms with E-state index in [1.54, 1.807) is 6.07 Å². The van der Waals surface area contributed by atoms with E-state index >= 15 is 0 Å². The molecule has 1 saturated carbocycles. The highest BCUT2D eigenvalue weighted by atomic mass is 19.4. The number of rotatable bonds is 5. The summed E-state index contributed by atoms with van der Waals surface area (Å²) in [6, 6.07) is 3.51. The second-order valence-corrected chi connectivity index (χ2v) is 5.62. The van der Waals surface area contributed by atoms with Gasteiger partial charge in [0, 0.05) is 12.1 Å². The molecule has 0 amide bonds. The zero-order valence-corrected chi connectivity index (χ0v) is 12.1. The first-order valence-electron chi connectivity index (χ1n) is 7.36. The molecular weight excluding hydrogens is 281 g/mol. The summed E-state index contributed by atoms with van der Waals surface area (Å²) in [7, 11) is 0. The summed E-state index contributed by atoms with van der Waals surface area (Å²) in [5.74, 6) is 0.642. The van der Waals surface area contributed by atoms with Gasteiger partial charge < -0.3 is 10.1 Å². The minimum absolute atomic E-state index is 0.0109. The number of ether oxygens (including phenoxy) is 1. The summed E-state index contributed by atoms with van der Waals surface area (Å²) in [6.45, 7) is 0.829. The van der Waals surface area contributed by atoms with Gasteiger partial charge in [0.25, 0.3) is 0 Å². The molecule has 2 rings (SSSR count). The van der Waals surface area contributed by atoms with E-state index in [1.807, 2.05) is 0 Å². The maximum atomic E-state index is 12.0. The van der Waals surface area contributed by atoms with Gasteiger partial charge in [0.2, 0.25) is 5.88 Å². The van der Waals surface area contributed by atoms with Crippen LogP contribution in [0.5, 0.6) is 5.88 Å². The topological polar surface area (TPSA) is 34.1 Å². The second kappa shape index (κ2) is 7.00. The van der Waals surface area contributed by atoms with Crippen LogP contribution in [0.25, 0.3) is 0 Å². The van der Waals surface area contributed by atoms with Crippen molar-refractivity contribution in [2.45, 2.75) is 51.2 Å². The lowest BCUT2D eigenvalue weighted by atomic mass is 9.84. The molecule has 118 valence electrons. The average molecular weight is 302 g/mol. The standard InChI is InChI=1S/C15H21F3N2O/c1-11(12-5-3-2-4-6-12)20-13-7-8-14(19-9-13)21-10-15(16,17)18/h7-9,11-12,20H,2-6,10H2,1H3. The van der Waals surface area contributed by atoms with Crippen LogP contribution >= 0.6 is 0 Å². The minimum atomic E-state index is -4.34. The first kappa shape index (κ1) is 15.9. The van der Waals surface area contributed by atoms with Gasteiger partial charge in [-0.3, -0.25) is 0 Å². The van der Waals surface area contributed by atoms with Crippen LogP contribution in [0.15, 0.2) is 18.3 Å². The molecule has 1 aliphatic carbocycles. The lowest BCUT2D eigenvalue weighted by molar-refractivity contribution is -0.154. The largest absolute Gasteiger partial charge is 0.468 e. The lowest BCUT2D eigenvalue weighted by Crippen LogP contribution is -2.27. The van der Waals surface area contributed by atoms with Crippen LogP contribution in [0.1, 0.15) is 39.0 Å². The number of aromatic nitrogens is 1. The van der Waals surface area contributed by atoms with Crippen LogP contribution in [0.4, 0.5) is 18.9 Å². The van der Waals surface area contributed by atoms with Gasteiger partial charge in [-0.05, 0) is 31.7 Å². The van der Waals surface area contributed by atoms with Crippen LogP contribution in [-0.2, 0) is 0 Å². The highest BCUT2D eigenvalue weighted by Crippen LogP contribution is 2.28. The van der Waals surface area contributed by atoms with Crippen molar-refractivity contribution >= 4 is 5.69 Å². The van der Waals surface area contributed by atoms with Gasteiger partial charge in [0.15, 0.2) is 6.61 Å². The summed E-state index contributed by atoms with van der Waals surface area (Å²) >= 11 is 0. The van der Waals surface area contributed by atoms with Crippen molar-refractivity contribution in [2.75, 3.05) is 11.9 Å². The fourth-order valence-electron chi connectivity index (χ4n) is 2.72. The van der Waals surface area contributed by atoms with E-state index in [-0.39, 0.29) is 5.88 Å². The smallest absolute Gasteiger partial charge is 0.422 e. The van der Waals surface area contributed by atoms with E-state index in [1.165, 1.54) is 44.4 Å². The molecule has 1 aromatic rings. The molecule has 0 aliphatic heterocycles. The molecule has 0 bridgehead atoms. The van der Waals surface area contributed by atoms with Crippen molar-refractivity contribution in [1.82, 2.24) is 4.98 Å². The van der Waals surface area contributed by atoms with Crippen molar-refractivity contribution in [3.05, 3.63) is 18.3 Å². The summed E-state index contributed by atoms with van der Waals surface area (Å²) < 4.78 is 40.7. The first-order chi connectivity index (χ1) is 9.94. The molecule has 1 aromatic heterocycles. The fraction of sp³-hybridized carbons (Fsp3) is 0.667. The normalized spacial score (nSPS) is 18.3. The summed E-state index contributed by atoms with van der Waals surface area (Å²) in [5.41, 5.74) is 0.812. The molecular formula is C15H21F3N2O. The molecule has 0 radical (unpaired) electrons. The van der Waals surface area contributed by atoms with Crippen LogP contribution in [0.2, 0.25) is 0 Å². The Labute approximate surface area is 122 Å². The van der Waals surface area contributed by atoms with Crippen molar-refractivity contribution < 1.29 is 17.9 Å². The van der Waals surface area contributed by atoms with Gasteiger partial charge in [-0.2, -0.15) is 13.2 Å². The Bertz CT molecular complexity index is 428. The number of halogens is 3. The van der Waals surface area contributed by atoms with E-state index in [9.17, 15) is 13.2 Å². The Balaban J connectivity index is 1.84. The Hall–Kier alpha value is -1.46. The molecule has 0 aromatic carbocycles. The van der Waals surface area contributed by atoms with Gasteiger partial charge in [-0.1, -0.05) is 19.3 Å². The molecule has 1 heterocycles. The number of hydrogen-bond donors (Lipinski definition) is 1. The molecule has 0 saturated heterocycles. The van der Waals surface area contributed by atoms with Gasteiger partial charge in [0.05, 0.1) is 11.9 Å². The summed E-state index contributed by atoms with van der Waals surface area (Å²) in [6.07, 6.45) is 3.51. The Kier molecular flexibility index (Phi) is 5.31. The van der Waals surface area contributed by atoms with E-state index in [0.29, 0.717) is 12.0 Å². The molecule has 21 heavy (non-hydrogen) atoms. The average Bonchev–Trinajstić information content (AvgIpc) is 2.46. The third-order valence-electron chi connectivity index (χ3n) is 3.87. The van der Waals surface area contributed by atoms with Crippen molar-refractivity contribution in [3.8, 4) is 5.88 Å². The third-order valence-corrected chi connectivity index (χ3v) is 3.87. The number of alkyl halides is 3. The quantitative estimate of drug-likeness (QED) is 0.875. The van der Waals surface area contributed by atoms with Crippen molar-refractivity contribution in [1.29, 1.82) is 0 Å². The molecule has 6 heteroatoms. The lowest BCUT2D eigenvalue weighted by Gasteiger charge is -2.28. The zero-order chi connectivity index (χ0) is 15.3. The van der Waals surface area contributed by atoms with E-state index < -0.39 is 12.8 Å². The fourth-order valence-corrected chi connectivity index (χ4v) is 2.72. The molecule has 1 atom stereocenters. The molecule has 0 spiro atoms. The molecule has 1 N–H and O–H groups in total. The number of nitrogens with one attached hydrogen (secondary N) is 1. The second-order valence-electron chi connectivity index (χ2n) is 5.62. The maximum absolute atomic E-state index is 12.0. The highest BCUT2D eigenvalue weighted by molar-refractivity contribution is 5.43. The van der Waals surface area contributed by atoms with Crippen molar-refractivity contribution in [3.63, 3.8) is 0 Å². The van der Waals surface area contributed by atoms with Gasteiger partial charge in [-0.25, -0.2) is 4.98 Å². The summed E-state index contributed by atoms with van der Waals surface area (Å²) in [5, 5.41) is 3.37. The molecule has 1 unspecified atom stereocenters. The SMILES string of the molecule is CC(Nc1ccc(OCC(F)(F)F)nc1)C1CCCCC1. The predicted octanol–water partition coefficient (Wildman–Crippen LogP) is 4.40. The Morgan fingerprint density at radius 2 is 2.00 bits per heavy atom. The Morgan fingerprint density at radius 1 is 1.29 bits per heavy atom. The number of anilines is 1. The molecule has 1 aliphatic rings. The van der Waals surface area contributed by atoms with E-state index in [4.69, 9.17) is 0 Å². The zero-order valence-electron chi connectivity index (χ0n) is 12.1. The molecule has 1 fully saturated rings. The number of nitrogens with zero attached hydrogens (tertiary/aromatic N) is 1. The molecule has 3 nitrogen and oxygen atoms in total. The highest BCUT2D eigenvalue weighted by Gasteiger charge is 2.28. The van der Waals surface area contributed by atoms with Gasteiger partial charge in [-0.15, -0.1) is 0 Å². The number of pyridine rings is 1. The predicted molar refractivity (Wildman–Crippen MR) is 75.4 cm³/mol. The van der Waals surface area contributed by atoms with Crippen LogP contribution in [0.3, 0.4) is 0 Å². The van der Waals surface area contributed by atoms with Gasteiger partial charge in [0.1, 0.15) is 0 Å². The minimum Gasteiger partial charge on any atom is -0.468 e. The number of hydrogen-bond acceptors (Lipinski definition) is 3. The van der Waals surface area contributed by atoms with Crippen LogP contribution in [-0.4, -0.2) is 23.8 Å². The van der Waals surface area contributed by atoms with Crippen LogP contribution < -0.4 is 10.1 Å². The van der Waals surface area contributed by atoms with E-state index in [0.717, 1.165) is 5.69 Å². The van der Waals surface area contributed by atoms with Crippen LogP contribution in [0, 0.1) is 5.92 Å². The van der Waals surface area contributed by atoms with Crippen molar-refractivity contribution in [2.24, 2.45) is 5.92 Å². The van der Waals surface area contributed by atoms with Gasteiger partial charge >= 0.3 is 6.18 Å². The Morgan fingerprint density at radius 3 is 2.57 bits per heavy atom. The third kappa shape index (κ3) is 5.44. The monoisotopic (exact) mass is 302 g/mol. The first-order valence-corrected chi connectivity index (χ1v) is 7.36. The maximum Gasteiger partial charge on any atom is 0.422 e. The summed E-state index contributed by atoms with van der Waals surface area (Å²) in [4.78, 5) is 3.90. The van der Waals surface area contributed by atoms with E-state index in [2.05, 4.69) is 22.0 Å².